The standard InChI is InChI=1S/C8H21N5/c1-6-5-7(11-4-2-3-9)13-8(10)12-6/h6-8,11-13H,2-5,9-10H2,1H3. The van der Waals surface area contributed by atoms with E-state index in [1.807, 2.05) is 0 Å². The molecule has 3 atom stereocenters. The summed E-state index contributed by atoms with van der Waals surface area (Å²) in [5.41, 5.74) is 11.1. The fourth-order valence-corrected chi connectivity index (χ4v) is 1.58. The Kier molecular flexibility index (Phi) is 4.61. The molecule has 1 heterocycles. The Morgan fingerprint density at radius 2 is 2.23 bits per heavy atom. The number of nitrogens with one attached hydrogen (secondary N) is 3. The molecule has 78 valence electrons. The highest BCUT2D eigenvalue weighted by Crippen LogP contribution is 2.01. The molecule has 0 radical (unpaired) electrons. The molecule has 13 heavy (non-hydrogen) atoms. The number of rotatable bonds is 4. The second kappa shape index (κ2) is 5.51. The predicted molar refractivity (Wildman–Crippen MR) is 53.8 cm³/mol. The smallest absolute Gasteiger partial charge is 0.110 e. The van der Waals surface area contributed by atoms with Gasteiger partial charge in [-0.05, 0) is 32.9 Å². The van der Waals surface area contributed by atoms with Crippen LogP contribution in [-0.2, 0) is 0 Å². The maximum atomic E-state index is 5.73. The van der Waals surface area contributed by atoms with Crippen molar-refractivity contribution in [2.45, 2.75) is 38.3 Å². The number of nitrogens with two attached hydrogens (primary N) is 2. The Morgan fingerprint density at radius 1 is 1.46 bits per heavy atom. The number of hydrogen-bond acceptors (Lipinski definition) is 5. The summed E-state index contributed by atoms with van der Waals surface area (Å²) in [4.78, 5) is 0. The zero-order chi connectivity index (χ0) is 9.68. The SMILES string of the molecule is CC1CC(NCCCN)NC(N)N1. The van der Waals surface area contributed by atoms with Gasteiger partial charge < -0.3 is 16.8 Å². The largest absolute Gasteiger partial charge is 0.330 e. The molecule has 0 spiro atoms. The van der Waals surface area contributed by atoms with Crippen LogP contribution >= 0.6 is 0 Å². The van der Waals surface area contributed by atoms with Crippen molar-refractivity contribution in [2.75, 3.05) is 13.1 Å². The normalized spacial score (nSPS) is 34.8. The first-order chi connectivity index (χ1) is 6.22. The van der Waals surface area contributed by atoms with Crippen molar-refractivity contribution in [3.8, 4) is 0 Å². The molecule has 5 heteroatoms. The summed E-state index contributed by atoms with van der Waals surface area (Å²) < 4.78 is 0. The van der Waals surface area contributed by atoms with Crippen LogP contribution in [0.25, 0.3) is 0 Å². The lowest BCUT2D eigenvalue weighted by atomic mass is 10.1. The minimum atomic E-state index is -0.0980. The van der Waals surface area contributed by atoms with Gasteiger partial charge in [0.05, 0.1) is 6.17 Å². The maximum Gasteiger partial charge on any atom is 0.110 e. The predicted octanol–water partition coefficient (Wildman–Crippen LogP) is -1.54. The van der Waals surface area contributed by atoms with Gasteiger partial charge in [0.1, 0.15) is 6.29 Å². The van der Waals surface area contributed by atoms with Gasteiger partial charge in [-0.15, -0.1) is 0 Å². The van der Waals surface area contributed by atoms with E-state index in [4.69, 9.17) is 11.5 Å². The molecule has 0 aromatic rings. The summed E-state index contributed by atoms with van der Waals surface area (Å²) in [5, 5.41) is 9.79. The topological polar surface area (TPSA) is 88.1 Å². The zero-order valence-electron chi connectivity index (χ0n) is 8.22. The van der Waals surface area contributed by atoms with Crippen molar-refractivity contribution < 1.29 is 0 Å². The van der Waals surface area contributed by atoms with Crippen LogP contribution < -0.4 is 27.4 Å². The maximum absolute atomic E-state index is 5.73. The summed E-state index contributed by atoms with van der Waals surface area (Å²) in [6, 6.07) is 0.464. The monoisotopic (exact) mass is 187 g/mol. The second-order valence-electron chi connectivity index (χ2n) is 3.60. The van der Waals surface area contributed by atoms with E-state index in [1.54, 1.807) is 0 Å². The third kappa shape index (κ3) is 4.02. The lowest BCUT2D eigenvalue weighted by Crippen LogP contribution is -2.65. The minimum absolute atomic E-state index is 0.0980. The fraction of sp³-hybridized carbons (Fsp3) is 1.00. The van der Waals surface area contributed by atoms with Gasteiger partial charge in [-0.2, -0.15) is 0 Å². The highest BCUT2D eigenvalue weighted by molar-refractivity contribution is 4.80. The Morgan fingerprint density at radius 3 is 2.85 bits per heavy atom. The molecule has 3 unspecified atom stereocenters. The van der Waals surface area contributed by atoms with Crippen molar-refractivity contribution in [1.29, 1.82) is 0 Å². The van der Waals surface area contributed by atoms with Gasteiger partial charge in [0.2, 0.25) is 0 Å². The van der Waals surface area contributed by atoms with Crippen molar-refractivity contribution in [3.05, 3.63) is 0 Å². The van der Waals surface area contributed by atoms with E-state index >= 15 is 0 Å². The third-order valence-corrected chi connectivity index (χ3v) is 2.21. The van der Waals surface area contributed by atoms with Gasteiger partial charge in [-0.3, -0.25) is 10.6 Å². The molecule has 7 N–H and O–H groups in total. The average molecular weight is 187 g/mol. The van der Waals surface area contributed by atoms with E-state index in [-0.39, 0.29) is 6.29 Å². The van der Waals surface area contributed by atoms with E-state index in [0.29, 0.717) is 12.2 Å². The van der Waals surface area contributed by atoms with Crippen LogP contribution in [0.1, 0.15) is 19.8 Å². The molecule has 0 aliphatic carbocycles. The molecule has 1 saturated heterocycles. The first kappa shape index (κ1) is 10.9. The second-order valence-corrected chi connectivity index (χ2v) is 3.60. The Labute approximate surface area is 79.6 Å². The van der Waals surface area contributed by atoms with Gasteiger partial charge in [0.25, 0.3) is 0 Å². The summed E-state index contributed by atoms with van der Waals surface area (Å²) in [7, 11) is 0. The highest BCUT2D eigenvalue weighted by atomic mass is 15.3. The molecular formula is C8H21N5. The molecule has 1 aliphatic heterocycles. The molecule has 0 aromatic carbocycles. The van der Waals surface area contributed by atoms with Crippen LogP contribution in [0.4, 0.5) is 0 Å². The van der Waals surface area contributed by atoms with Gasteiger partial charge >= 0.3 is 0 Å². The average Bonchev–Trinajstić information content (AvgIpc) is 2.03. The van der Waals surface area contributed by atoms with Crippen LogP contribution in [0.2, 0.25) is 0 Å². The van der Waals surface area contributed by atoms with E-state index in [1.165, 1.54) is 0 Å². The molecule has 0 bridgehead atoms. The van der Waals surface area contributed by atoms with Gasteiger partial charge in [0.15, 0.2) is 0 Å². The van der Waals surface area contributed by atoms with Crippen LogP contribution in [0.5, 0.6) is 0 Å². The summed E-state index contributed by atoms with van der Waals surface area (Å²) in [6.45, 7) is 3.82. The van der Waals surface area contributed by atoms with Gasteiger partial charge in [-0.1, -0.05) is 0 Å². The molecule has 0 saturated carbocycles. The van der Waals surface area contributed by atoms with Crippen molar-refractivity contribution in [3.63, 3.8) is 0 Å². The fourth-order valence-electron chi connectivity index (χ4n) is 1.58. The van der Waals surface area contributed by atoms with Gasteiger partial charge in [0, 0.05) is 6.04 Å². The Bertz CT molecular complexity index is 130. The van der Waals surface area contributed by atoms with E-state index in [2.05, 4.69) is 22.9 Å². The molecule has 0 aromatic heterocycles. The van der Waals surface area contributed by atoms with Crippen LogP contribution in [0.3, 0.4) is 0 Å². The summed E-state index contributed by atoms with van der Waals surface area (Å²) >= 11 is 0. The lowest BCUT2D eigenvalue weighted by molar-refractivity contribution is 0.227. The molecule has 1 aliphatic rings. The number of hydrogen-bond donors (Lipinski definition) is 5. The molecule has 1 rings (SSSR count). The highest BCUT2D eigenvalue weighted by Gasteiger charge is 2.21. The Hall–Kier alpha value is -0.200. The third-order valence-electron chi connectivity index (χ3n) is 2.21. The van der Waals surface area contributed by atoms with Crippen LogP contribution in [0, 0.1) is 0 Å². The Balaban J connectivity index is 2.17. The summed E-state index contributed by atoms with van der Waals surface area (Å²) in [5.74, 6) is 0. The quantitative estimate of drug-likeness (QED) is 0.344. The van der Waals surface area contributed by atoms with Gasteiger partial charge in [-0.25, -0.2) is 0 Å². The zero-order valence-corrected chi connectivity index (χ0v) is 8.22. The molecule has 5 nitrogen and oxygen atoms in total. The van der Waals surface area contributed by atoms with E-state index in [9.17, 15) is 0 Å². The molecule has 1 fully saturated rings. The molecule has 0 amide bonds. The van der Waals surface area contributed by atoms with Crippen molar-refractivity contribution in [1.82, 2.24) is 16.0 Å². The van der Waals surface area contributed by atoms with Crippen LogP contribution in [-0.4, -0.2) is 31.6 Å². The first-order valence-electron chi connectivity index (χ1n) is 4.93. The van der Waals surface area contributed by atoms with E-state index in [0.717, 1.165) is 25.9 Å². The first-order valence-corrected chi connectivity index (χ1v) is 4.93. The summed E-state index contributed by atoms with van der Waals surface area (Å²) in [6.07, 6.45) is 2.28. The van der Waals surface area contributed by atoms with Crippen molar-refractivity contribution in [2.24, 2.45) is 11.5 Å². The van der Waals surface area contributed by atoms with E-state index < -0.39 is 0 Å². The lowest BCUT2D eigenvalue weighted by Gasteiger charge is -2.34. The van der Waals surface area contributed by atoms with Crippen LogP contribution in [0.15, 0.2) is 0 Å². The molecular weight excluding hydrogens is 166 g/mol. The minimum Gasteiger partial charge on any atom is -0.330 e. The van der Waals surface area contributed by atoms with Crippen molar-refractivity contribution >= 4 is 0 Å².